The zero-order valence-electron chi connectivity index (χ0n) is 11.8. The van der Waals surface area contributed by atoms with Crippen LogP contribution in [0.3, 0.4) is 0 Å². The zero-order valence-corrected chi connectivity index (χ0v) is 11.8. The fourth-order valence-corrected chi connectivity index (χ4v) is 2.73. The van der Waals surface area contributed by atoms with Crippen LogP contribution >= 0.6 is 0 Å². The molecule has 0 bridgehead atoms. The monoisotopic (exact) mass is 305 g/mol. The number of rotatable bonds is 3. The van der Waals surface area contributed by atoms with Crippen molar-refractivity contribution in [3.05, 3.63) is 42.5 Å². The Kier molecular flexibility index (Phi) is 4.28. The molecule has 0 spiro atoms. The van der Waals surface area contributed by atoms with Gasteiger partial charge in [0.15, 0.2) is 6.23 Å². The Morgan fingerprint density at radius 3 is 2.41 bits per heavy atom. The fraction of sp³-hybridized carbons (Fsp3) is 0.375. The first kappa shape index (κ1) is 15.2. The lowest BCUT2D eigenvalue weighted by Crippen LogP contribution is -2.60. The molecule has 2 aromatic rings. The van der Waals surface area contributed by atoms with E-state index >= 15 is 0 Å². The number of anilines is 1. The van der Waals surface area contributed by atoms with Crippen molar-refractivity contribution in [1.82, 2.24) is 0 Å². The van der Waals surface area contributed by atoms with Crippen LogP contribution in [0.5, 0.6) is 0 Å². The molecule has 0 amide bonds. The van der Waals surface area contributed by atoms with E-state index in [0.717, 1.165) is 16.5 Å². The highest BCUT2D eigenvalue weighted by molar-refractivity contribution is 5.93. The summed E-state index contributed by atoms with van der Waals surface area (Å²) in [5, 5.41) is 43.9. The fourth-order valence-electron chi connectivity index (χ4n) is 2.73. The van der Waals surface area contributed by atoms with Crippen LogP contribution in [0.2, 0.25) is 0 Å². The summed E-state index contributed by atoms with van der Waals surface area (Å²) in [4.78, 5) is 0. The molecule has 6 heteroatoms. The molecule has 1 aliphatic heterocycles. The SMILES string of the molecule is OC[C@H]1OC(Nc2cccc3ccccc23)[C@H](O)[C@@H](O)[C@@H]1O. The van der Waals surface area contributed by atoms with Crippen LogP contribution in [-0.2, 0) is 4.74 Å². The molecule has 5 N–H and O–H groups in total. The third-order valence-corrected chi connectivity index (χ3v) is 3.98. The van der Waals surface area contributed by atoms with E-state index in [1.54, 1.807) is 0 Å². The second kappa shape index (κ2) is 6.20. The number of ether oxygens (including phenoxy) is 1. The highest BCUT2D eigenvalue weighted by Crippen LogP contribution is 2.27. The Bertz CT molecular complexity index is 642. The summed E-state index contributed by atoms with van der Waals surface area (Å²) in [5.74, 6) is 0. The van der Waals surface area contributed by atoms with Gasteiger partial charge in [-0.1, -0.05) is 36.4 Å². The Labute approximate surface area is 127 Å². The summed E-state index contributed by atoms with van der Waals surface area (Å²) in [5.41, 5.74) is 0.738. The molecule has 22 heavy (non-hydrogen) atoms. The van der Waals surface area contributed by atoms with Crippen molar-refractivity contribution >= 4 is 16.5 Å². The van der Waals surface area contributed by atoms with Crippen molar-refractivity contribution in [2.75, 3.05) is 11.9 Å². The Morgan fingerprint density at radius 1 is 0.909 bits per heavy atom. The van der Waals surface area contributed by atoms with Gasteiger partial charge in [0.05, 0.1) is 6.61 Å². The normalized spacial score (nSPS) is 32.1. The third-order valence-electron chi connectivity index (χ3n) is 3.98. The number of fused-ring (bicyclic) bond motifs is 1. The molecule has 1 heterocycles. The third kappa shape index (κ3) is 2.67. The second-order valence-corrected chi connectivity index (χ2v) is 5.42. The van der Waals surface area contributed by atoms with E-state index in [4.69, 9.17) is 4.74 Å². The summed E-state index contributed by atoms with van der Waals surface area (Å²) in [6.45, 7) is -0.446. The van der Waals surface area contributed by atoms with Crippen LogP contribution in [0.4, 0.5) is 5.69 Å². The number of benzene rings is 2. The van der Waals surface area contributed by atoms with Crippen molar-refractivity contribution in [3.8, 4) is 0 Å². The van der Waals surface area contributed by atoms with E-state index in [-0.39, 0.29) is 0 Å². The minimum atomic E-state index is -1.39. The van der Waals surface area contributed by atoms with Gasteiger partial charge in [0.2, 0.25) is 0 Å². The zero-order chi connectivity index (χ0) is 15.7. The van der Waals surface area contributed by atoms with Crippen LogP contribution in [-0.4, -0.2) is 57.7 Å². The molecular weight excluding hydrogens is 286 g/mol. The molecule has 0 radical (unpaired) electrons. The molecule has 0 aliphatic carbocycles. The van der Waals surface area contributed by atoms with Gasteiger partial charge < -0.3 is 30.5 Å². The first-order valence-electron chi connectivity index (χ1n) is 7.16. The topological polar surface area (TPSA) is 102 Å². The molecule has 1 fully saturated rings. The number of nitrogens with one attached hydrogen (secondary N) is 1. The first-order chi connectivity index (χ1) is 10.6. The molecule has 0 aromatic heterocycles. The maximum Gasteiger partial charge on any atom is 0.157 e. The van der Waals surface area contributed by atoms with Crippen molar-refractivity contribution in [2.24, 2.45) is 0 Å². The lowest BCUT2D eigenvalue weighted by Gasteiger charge is -2.40. The molecule has 6 nitrogen and oxygen atoms in total. The highest BCUT2D eigenvalue weighted by atomic mass is 16.6. The predicted octanol–water partition coefficient (Wildman–Crippen LogP) is 0.0516. The van der Waals surface area contributed by atoms with Crippen molar-refractivity contribution in [3.63, 3.8) is 0 Å². The van der Waals surface area contributed by atoms with Crippen LogP contribution < -0.4 is 5.32 Å². The second-order valence-electron chi connectivity index (χ2n) is 5.42. The summed E-state index contributed by atoms with van der Waals surface area (Å²) in [6.07, 6.45) is -5.91. The number of aliphatic hydroxyl groups excluding tert-OH is 4. The maximum atomic E-state index is 10.1. The molecular formula is C16H19NO5. The van der Waals surface area contributed by atoms with Crippen LogP contribution in [0.1, 0.15) is 0 Å². The summed E-state index contributed by atoms with van der Waals surface area (Å²) in [7, 11) is 0. The van der Waals surface area contributed by atoms with Gasteiger partial charge in [0, 0.05) is 11.1 Å². The van der Waals surface area contributed by atoms with E-state index in [1.165, 1.54) is 0 Å². The molecule has 3 rings (SSSR count). The van der Waals surface area contributed by atoms with Gasteiger partial charge in [-0.15, -0.1) is 0 Å². The van der Waals surface area contributed by atoms with Crippen molar-refractivity contribution in [1.29, 1.82) is 0 Å². The molecule has 5 atom stereocenters. The Balaban J connectivity index is 1.87. The van der Waals surface area contributed by atoms with Crippen LogP contribution in [0, 0.1) is 0 Å². The van der Waals surface area contributed by atoms with Gasteiger partial charge in [-0.25, -0.2) is 0 Å². The van der Waals surface area contributed by atoms with Gasteiger partial charge in [0.1, 0.15) is 24.4 Å². The lowest BCUT2D eigenvalue weighted by atomic mass is 9.98. The largest absolute Gasteiger partial charge is 0.394 e. The molecule has 1 aliphatic rings. The van der Waals surface area contributed by atoms with Gasteiger partial charge in [-0.05, 0) is 11.5 Å². The number of aliphatic hydroxyl groups is 4. The Morgan fingerprint density at radius 2 is 1.64 bits per heavy atom. The molecule has 0 saturated carbocycles. The minimum absolute atomic E-state index is 0.446. The smallest absolute Gasteiger partial charge is 0.157 e. The summed E-state index contributed by atoms with van der Waals surface area (Å²) in [6, 6.07) is 13.4. The minimum Gasteiger partial charge on any atom is -0.394 e. The number of hydrogen-bond donors (Lipinski definition) is 5. The van der Waals surface area contributed by atoms with E-state index in [2.05, 4.69) is 5.32 Å². The van der Waals surface area contributed by atoms with E-state index in [0.29, 0.717) is 0 Å². The van der Waals surface area contributed by atoms with E-state index in [1.807, 2.05) is 42.5 Å². The highest BCUT2D eigenvalue weighted by Gasteiger charge is 2.43. The lowest BCUT2D eigenvalue weighted by molar-refractivity contribution is -0.221. The van der Waals surface area contributed by atoms with Gasteiger partial charge >= 0.3 is 0 Å². The van der Waals surface area contributed by atoms with E-state index in [9.17, 15) is 20.4 Å². The van der Waals surface area contributed by atoms with Gasteiger partial charge in [-0.2, -0.15) is 0 Å². The first-order valence-corrected chi connectivity index (χ1v) is 7.16. The van der Waals surface area contributed by atoms with Crippen LogP contribution in [0.15, 0.2) is 42.5 Å². The number of hydrogen-bond acceptors (Lipinski definition) is 6. The van der Waals surface area contributed by atoms with Crippen molar-refractivity contribution < 1.29 is 25.2 Å². The van der Waals surface area contributed by atoms with Crippen molar-refractivity contribution in [2.45, 2.75) is 30.6 Å². The predicted molar refractivity (Wildman–Crippen MR) is 81.3 cm³/mol. The Hall–Kier alpha value is -1.70. The molecule has 2 aromatic carbocycles. The quantitative estimate of drug-likeness (QED) is 0.549. The van der Waals surface area contributed by atoms with Gasteiger partial charge in [0.25, 0.3) is 0 Å². The standard InChI is InChI=1S/C16H19NO5/c18-8-12-13(19)14(20)15(21)16(22-12)17-11-7-3-5-9-4-1-2-6-10(9)11/h1-7,12-21H,8H2/t12-,13-,14+,15-,16?/m1/s1. The molecule has 1 unspecified atom stereocenters. The molecule has 118 valence electrons. The molecule has 1 saturated heterocycles. The van der Waals surface area contributed by atoms with E-state index < -0.39 is 37.3 Å². The van der Waals surface area contributed by atoms with Gasteiger partial charge in [-0.3, -0.25) is 0 Å². The average Bonchev–Trinajstić information content (AvgIpc) is 2.55. The van der Waals surface area contributed by atoms with Crippen LogP contribution in [0.25, 0.3) is 10.8 Å². The summed E-state index contributed by atoms with van der Waals surface area (Å²) >= 11 is 0. The maximum absolute atomic E-state index is 10.1. The summed E-state index contributed by atoms with van der Waals surface area (Å²) < 4.78 is 5.46. The average molecular weight is 305 g/mol.